The molecule has 0 saturated carbocycles. The second kappa shape index (κ2) is 5.23. The topological polar surface area (TPSA) is 24.9 Å². The normalized spacial score (nSPS) is 12.6. The Hall–Kier alpha value is -1.19. The zero-order valence-electron chi connectivity index (χ0n) is 9.60. The summed E-state index contributed by atoms with van der Waals surface area (Å²) in [6.45, 7) is 2.19. The first-order chi connectivity index (χ1) is 7.86. The van der Waals surface area contributed by atoms with Gasteiger partial charge in [0.25, 0.3) is 0 Å². The minimum Gasteiger partial charge on any atom is -0.307 e. The maximum Gasteiger partial charge on any atom is 0.114 e. The van der Waals surface area contributed by atoms with Gasteiger partial charge in [-0.05, 0) is 24.6 Å². The second-order valence-corrected chi connectivity index (χ2v) is 4.57. The van der Waals surface area contributed by atoms with Crippen LogP contribution in [0, 0.1) is 0 Å². The first-order valence-electron chi connectivity index (χ1n) is 5.51. The first kappa shape index (κ1) is 11.3. The lowest BCUT2D eigenvalue weighted by Gasteiger charge is -2.17. The highest BCUT2D eigenvalue weighted by molar-refractivity contribution is 7.09. The zero-order valence-corrected chi connectivity index (χ0v) is 10.4. The summed E-state index contributed by atoms with van der Waals surface area (Å²) in [5.41, 5.74) is 2.72. The lowest BCUT2D eigenvalue weighted by Crippen LogP contribution is -2.18. The average molecular weight is 232 g/mol. The molecule has 2 aromatic rings. The van der Waals surface area contributed by atoms with E-state index in [0.29, 0.717) is 0 Å². The Balaban J connectivity index is 2.41. The molecule has 0 bridgehead atoms. The van der Waals surface area contributed by atoms with Crippen LogP contribution in [0.3, 0.4) is 0 Å². The van der Waals surface area contributed by atoms with Crippen molar-refractivity contribution in [2.75, 3.05) is 7.05 Å². The first-order valence-corrected chi connectivity index (χ1v) is 6.39. The molecular formula is C13H16N2S. The summed E-state index contributed by atoms with van der Waals surface area (Å²) in [4.78, 5) is 4.40. The molecule has 0 radical (unpaired) electrons. The molecular weight excluding hydrogens is 216 g/mol. The van der Waals surface area contributed by atoms with Gasteiger partial charge in [-0.1, -0.05) is 31.2 Å². The predicted octanol–water partition coefficient (Wildman–Crippen LogP) is 3.01. The van der Waals surface area contributed by atoms with Gasteiger partial charge >= 0.3 is 0 Å². The van der Waals surface area contributed by atoms with Crippen LogP contribution in [0.1, 0.15) is 29.1 Å². The van der Waals surface area contributed by atoms with Gasteiger partial charge in [-0.25, -0.2) is 4.98 Å². The Morgan fingerprint density at radius 3 is 2.81 bits per heavy atom. The minimum atomic E-state index is 0.219. The van der Waals surface area contributed by atoms with Gasteiger partial charge in [0.15, 0.2) is 0 Å². The molecule has 1 unspecified atom stereocenters. The molecule has 0 spiro atoms. The van der Waals surface area contributed by atoms with Crippen molar-refractivity contribution in [3.63, 3.8) is 0 Å². The van der Waals surface area contributed by atoms with Crippen molar-refractivity contribution in [2.24, 2.45) is 0 Å². The van der Waals surface area contributed by atoms with Gasteiger partial charge in [-0.3, -0.25) is 0 Å². The number of nitrogens with zero attached hydrogens (tertiary/aromatic N) is 1. The zero-order chi connectivity index (χ0) is 11.4. The van der Waals surface area contributed by atoms with E-state index >= 15 is 0 Å². The van der Waals surface area contributed by atoms with Crippen molar-refractivity contribution in [3.8, 4) is 0 Å². The molecule has 16 heavy (non-hydrogen) atoms. The third-order valence-electron chi connectivity index (χ3n) is 2.73. The molecule has 0 aliphatic rings. The Morgan fingerprint density at radius 2 is 2.19 bits per heavy atom. The van der Waals surface area contributed by atoms with Gasteiger partial charge in [0, 0.05) is 11.6 Å². The van der Waals surface area contributed by atoms with E-state index in [0.717, 1.165) is 11.4 Å². The third kappa shape index (κ3) is 2.15. The van der Waals surface area contributed by atoms with E-state index in [1.807, 2.05) is 18.6 Å². The van der Waals surface area contributed by atoms with Crippen LogP contribution in [0.4, 0.5) is 0 Å². The number of thiazole rings is 1. The molecule has 2 rings (SSSR count). The van der Waals surface area contributed by atoms with E-state index in [1.165, 1.54) is 11.1 Å². The number of aryl methyl sites for hydroxylation is 1. The summed E-state index contributed by atoms with van der Waals surface area (Å²) in [5, 5.41) is 6.49. The number of benzene rings is 1. The summed E-state index contributed by atoms with van der Waals surface area (Å²) in [6.07, 6.45) is 2.92. The highest BCUT2D eigenvalue weighted by Gasteiger charge is 2.16. The van der Waals surface area contributed by atoms with E-state index in [1.54, 1.807) is 11.3 Å². The highest BCUT2D eigenvalue weighted by atomic mass is 32.1. The number of aromatic nitrogens is 1. The molecule has 3 heteroatoms. The standard InChI is InChI=1S/C13H16N2S/c1-3-10-6-4-5-7-11(10)12(14-2)13-15-8-9-16-13/h4-9,12,14H,3H2,1-2H3. The average Bonchev–Trinajstić information content (AvgIpc) is 2.84. The molecule has 84 valence electrons. The maximum absolute atomic E-state index is 4.40. The summed E-state index contributed by atoms with van der Waals surface area (Å²) in [5.74, 6) is 0. The number of nitrogens with one attached hydrogen (secondary N) is 1. The summed E-state index contributed by atoms with van der Waals surface area (Å²) in [6, 6.07) is 8.77. The predicted molar refractivity (Wildman–Crippen MR) is 68.8 cm³/mol. The Morgan fingerprint density at radius 1 is 1.38 bits per heavy atom. The fraction of sp³-hybridized carbons (Fsp3) is 0.308. The van der Waals surface area contributed by atoms with Crippen molar-refractivity contribution in [1.29, 1.82) is 0 Å². The molecule has 0 amide bonds. The number of hydrogen-bond acceptors (Lipinski definition) is 3. The third-order valence-corrected chi connectivity index (χ3v) is 3.57. The highest BCUT2D eigenvalue weighted by Crippen LogP contribution is 2.26. The monoisotopic (exact) mass is 232 g/mol. The van der Waals surface area contributed by atoms with Crippen molar-refractivity contribution >= 4 is 11.3 Å². The molecule has 1 aromatic heterocycles. The number of rotatable bonds is 4. The van der Waals surface area contributed by atoms with Crippen molar-refractivity contribution in [1.82, 2.24) is 10.3 Å². The van der Waals surface area contributed by atoms with E-state index in [4.69, 9.17) is 0 Å². The molecule has 0 aliphatic carbocycles. The lowest BCUT2D eigenvalue weighted by atomic mass is 9.99. The van der Waals surface area contributed by atoms with Crippen molar-refractivity contribution in [2.45, 2.75) is 19.4 Å². The van der Waals surface area contributed by atoms with Gasteiger partial charge in [0.05, 0.1) is 6.04 Å². The van der Waals surface area contributed by atoms with E-state index in [2.05, 4.69) is 41.5 Å². The molecule has 1 heterocycles. The Kier molecular flexibility index (Phi) is 3.70. The van der Waals surface area contributed by atoms with Crippen LogP contribution in [0.2, 0.25) is 0 Å². The van der Waals surface area contributed by atoms with E-state index in [-0.39, 0.29) is 6.04 Å². The smallest absolute Gasteiger partial charge is 0.114 e. The molecule has 0 aliphatic heterocycles. The largest absolute Gasteiger partial charge is 0.307 e. The fourth-order valence-corrected chi connectivity index (χ4v) is 2.69. The van der Waals surface area contributed by atoms with Crippen LogP contribution in [-0.4, -0.2) is 12.0 Å². The maximum atomic E-state index is 4.40. The van der Waals surface area contributed by atoms with Crippen molar-refractivity contribution < 1.29 is 0 Å². The van der Waals surface area contributed by atoms with Crippen LogP contribution < -0.4 is 5.32 Å². The van der Waals surface area contributed by atoms with Gasteiger partial charge in [0.1, 0.15) is 5.01 Å². The fourth-order valence-electron chi connectivity index (χ4n) is 1.93. The number of hydrogen-bond donors (Lipinski definition) is 1. The Bertz CT molecular complexity index is 437. The van der Waals surface area contributed by atoms with Crippen molar-refractivity contribution in [3.05, 3.63) is 52.0 Å². The summed E-state index contributed by atoms with van der Waals surface area (Å²) in [7, 11) is 1.98. The quantitative estimate of drug-likeness (QED) is 0.876. The minimum absolute atomic E-state index is 0.219. The van der Waals surface area contributed by atoms with Crippen LogP contribution in [-0.2, 0) is 6.42 Å². The summed E-state index contributed by atoms with van der Waals surface area (Å²) >= 11 is 1.70. The molecule has 2 nitrogen and oxygen atoms in total. The summed E-state index contributed by atoms with van der Waals surface area (Å²) < 4.78 is 0. The van der Waals surface area contributed by atoms with Gasteiger partial charge in [-0.2, -0.15) is 0 Å². The van der Waals surface area contributed by atoms with Gasteiger partial charge in [0.2, 0.25) is 0 Å². The van der Waals surface area contributed by atoms with Crippen LogP contribution in [0.25, 0.3) is 0 Å². The van der Waals surface area contributed by atoms with Crippen LogP contribution in [0.5, 0.6) is 0 Å². The van der Waals surface area contributed by atoms with Gasteiger partial charge in [-0.15, -0.1) is 11.3 Å². The lowest BCUT2D eigenvalue weighted by molar-refractivity contribution is 0.679. The van der Waals surface area contributed by atoms with E-state index in [9.17, 15) is 0 Å². The molecule has 0 fully saturated rings. The SMILES string of the molecule is CCc1ccccc1C(NC)c1nccs1. The van der Waals surface area contributed by atoms with Crippen LogP contribution >= 0.6 is 11.3 Å². The van der Waals surface area contributed by atoms with Crippen LogP contribution in [0.15, 0.2) is 35.8 Å². The molecule has 0 saturated heterocycles. The van der Waals surface area contributed by atoms with Gasteiger partial charge < -0.3 is 5.32 Å². The molecule has 1 atom stereocenters. The Labute approximate surface area is 100 Å². The van der Waals surface area contributed by atoms with E-state index < -0.39 is 0 Å². The molecule has 1 N–H and O–H groups in total. The molecule has 1 aromatic carbocycles. The second-order valence-electron chi connectivity index (χ2n) is 3.64.